The number of nitrogens with one attached hydrogen (secondary N) is 1. The van der Waals surface area contributed by atoms with Crippen molar-refractivity contribution in [3.63, 3.8) is 0 Å². The summed E-state index contributed by atoms with van der Waals surface area (Å²) in [5.74, 6) is 0.0749. The molecular formula is C26H20ClN3O4. The minimum Gasteiger partial charge on any atom is -0.497 e. The van der Waals surface area contributed by atoms with E-state index in [4.69, 9.17) is 21.1 Å². The van der Waals surface area contributed by atoms with Gasteiger partial charge in [0.1, 0.15) is 11.5 Å². The molecule has 0 aliphatic rings. The first-order valence-electron chi connectivity index (χ1n) is 10.3. The van der Waals surface area contributed by atoms with Crippen molar-refractivity contribution in [1.82, 2.24) is 10.4 Å². The van der Waals surface area contributed by atoms with Gasteiger partial charge in [-0.15, -0.1) is 0 Å². The molecule has 0 saturated carbocycles. The Kier molecular flexibility index (Phi) is 6.85. The lowest BCUT2D eigenvalue weighted by molar-refractivity contribution is 0.0734. The van der Waals surface area contributed by atoms with Crippen LogP contribution in [0.4, 0.5) is 0 Å². The number of aryl methyl sites for hydroxylation is 1. The number of pyridine rings is 1. The molecule has 0 fully saturated rings. The van der Waals surface area contributed by atoms with Crippen molar-refractivity contribution in [3.05, 3.63) is 100 Å². The predicted molar refractivity (Wildman–Crippen MR) is 131 cm³/mol. The smallest absolute Gasteiger partial charge is 0.345 e. The summed E-state index contributed by atoms with van der Waals surface area (Å²) in [5, 5.41) is 5.04. The maximum Gasteiger partial charge on any atom is 0.345 e. The van der Waals surface area contributed by atoms with Crippen LogP contribution in [0.5, 0.6) is 11.5 Å². The van der Waals surface area contributed by atoms with E-state index in [2.05, 4.69) is 15.5 Å². The standard InChI is InChI=1S/C26H20ClN3O4/c1-16-13-22(21-14-19(33-2)11-12-24(21)29-16)25(31)30-28-15-17-7-9-18(10-8-17)34-26(32)20-5-3-4-6-23(20)27/h3-15H,1-2H3,(H,30,31). The highest BCUT2D eigenvalue weighted by molar-refractivity contribution is 6.33. The van der Waals surface area contributed by atoms with E-state index in [-0.39, 0.29) is 11.5 Å². The first kappa shape index (κ1) is 22.9. The zero-order chi connectivity index (χ0) is 24.1. The summed E-state index contributed by atoms with van der Waals surface area (Å²) in [6.45, 7) is 1.82. The minimum atomic E-state index is -0.546. The molecule has 1 amide bonds. The fourth-order valence-electron chi connectivity index (χ4n) is 3.29. The molecule has 1 aromatic heterocycles. The van der Waals surface area contributed by atoms with Gasteiger partial charge < -0.3 is 9.47 Å². The molecule has 0 unspecified atom stereocenters. The molecule has 0 saturated heterocycles. The highest BCUT2D eigenvalue weighted by Crippen LogP contribution is 2.24. The lowest BCUT2D eigenvalue weighted by Gasteiger charge is -2.08. The highest BCUT2D eigenvalue weighted by atomic mass is 35.5. The Morgan fingerprint density at radius 3 is 2.44 bits per heavy atom. The number of rotatable bonds is 6. The minimum absolute atomic E-state index is 0.286. The van der Waals surface area contributed by atoms with Crippen LogP contribution in [0.1, 0.15) is 32.0 Å². The predicted octanol–water partition coefficient (Wildman–Crippen LogP) is 5.19. The molecule has 0 radical (unpaired) electrons. The second-order valence-corrected chi connectivity index (χ2v) is 7.74. The van der Waals surface area contributed by atoms with Crippen molar-refractivity contribution < 1.29 is 19.1 Å². The second-order valence-electron chi connectivity index (χ2n) is 7.33. The normalized spacial score (nSPS) is 10.9. The largest absolute Gasteiger partial charge is 0.497 e. The Labute approximate surface area is 201 Å². The van der Waals surface area contributed by atoms with Crippen LogP contribution in [0.15, 0.2) is 77.9 Å². The van der Waals surface area contributed by atoms with Crippen molar-refractivity contribution in [2.45, 2.75) is 6.92 Å². The number of nitrogens with zero attached hydrogens (tertiary/aromatic N) is 2. The summed E-state index contributed by atoms with van der Waals surface area (Å²) in [7, 11) is 1.57. The average molecular weight is 474 g/mol. The van der Waals surface area contributed by atoms with Crippen molar-refractivity contribution in [2.24, 2.45) is 5.10 Å². The van der Waals surface area contributed by atoms with Crippen LogP contribution in [0, 0.1) is 6.92 Å². The lowest BCUT2D eigenvalue weighted by Crippen LogP contribution is -2.18. The van der Waals surface area contributed by atoms with Gasteiger partial charge in [0.2, 0.25) is 0 Å². The maximum absolute atomic E-state index is 12.8. The molecule has 8 heteroatoms. The van der Waals surface area contributed by atoms with E-state index in [9.17, 15) is 9.59 Å². The third kappa shape index (κ3) is 5.22. The fourth-order valence-corrected chi connectivity index (χ4v) is 3.50. The number of benzene rings is 3. The summed E-state index contributed by atoms with van der Waals surface area (Å²) in [6, 6.07) is 20.4. The van der Waals surface area contributed by atoms with E-state index < -0.39 is 5.97 Å². The number of aromatic nitrogens is 1. The molecule has 0 atom stereocenters. The number of amides is 1. The number of hydrogen-bond donors (Lipinski definition) is 1. The average Bonchev–Trinajstić information content (AvgIpc) is 2.84. The Morgan fingerprint density at radius 1 is 0.971 bits per heavy atom. The molecule has 0 spiro atoms. The van der Waals surface area contributed by atoms with Gasteiger partial charge in [-0.1, -0.05) is 23.7 Å². The van der Waals surface area contributed by atoms with Crippen LogP contribution in [0.25, 0.3) is 10.9 Å². The molecule has 4 aromatic rings. The SMILES string of the molecule is COc1ccc2nc(C)cc(C(=O)NN=Cc3ccc(OC(=O)c4ccccc4Cl)cc3)c2c1. The van der Waals surface area contributed by atoms with Crippen molar-refractivity contribution in [1.29, 1.82) is 0 Å². The van der Waals surface area contributed by atoms with Crippen molar-refractivity contribution >= 4 is 40.6 Å². The Balaban J connectivity index is 1.43. The highest BCUT2D eigenvalue weighted by Gasteiger charge is 2.13. The molecule has 1 heterocycles. The zero-order valence-corrected chi connectivity index (χ0v) is 19.2. The first-order chi connectivity index (χ1) is 16.4. The number of carbonyl (C=O) groups excluding carboxylic acids is 2. The number of methoxy groups -OCH3 is 1. The molecule has 1 N–H and O–H groups in total. The Bertz CT molecular complexity index is 1400. The summed E-state index contributed by atoms with van der Waals surface area (Å²) in [5.41, 5.74) is 5.38. The number of esters is 1. The summed E-state index contributed by atoms with van der Waals surface area (Å²) >= 11 is 6.03. The first-order valence-corrected chi connectivity index (χ1v) is 10.7. The lowest BCUT2D eigenvalue weighted by atomic mass is 10.1. The number of halogens is 1. The summed E-state index contributed by atoms with van der Waals surface area (Å²) in [4.78, 5) is 29.5. The third-order valence-corrected chi connectivity index (χ3v) is 5.28. The van der Waals surface area contributed by atoms with Gasteiger partial charge in [0, 0.05) is 11.1 Å². The topological polar surface area (TPSA) is 89.9 Å². The molecule has 0 bridgehead atoms. The summed E-state index contributed by atoms with van der Waals surface area (Å²) < 4.78 is 10.6. The molecule has 34 heavy (non-hydrogen) atoms. The zero-order valence-electron chi connectivity index (χ0n) is 18.4. The van der Waals surface area contributed by atoms with Crippen molar-refractivity contribution in [3.8, 4) is 11.5 Å². The van der Waals surface area contributed by atoms with Crippen LogP contribution in [-0.2, 0) is 0 Å². The van der Waals surface area contributed by atoms with Crippen LogP contribution in [0.3, 0.4) is 0 Å². The van der Waals surface area contributed by atoms with Crippen LogP contribution < -0.4 is 14.9 Å². The molecular weight excluding hydrogens is 454 g/mol. The number of hydrazone groups is 1. The number of hydrogen-bond acceptors (Lipinski definition) is 6. The summed E-state index contributed by atoms with van der Waals surface area (Å²) in [6.07, 6.45) is 1.49. The van der Waals surface area contributed by atoms with Gasteiger partial charge in [0.15, 0.2) is 0 Å². The molecule has 170 valence electrons. The molecule has 7 nitrogen and oxygen atoms in total. The molecule has 0 aliphatic heterocycles. The quantitative estimate of drug-likeness (QED) is 0.180. The Morgan fingerprint density at radius 2 is 1.71 bits per heavy atom. The van der Waals surface area contributed by atoms with E-state index in [1.807, 2.05) is 6.92 Å². The fraction of sp³-hybridized carbons (Fsp3) is 0.0769. The van der Waals surface area contributed by atoms with Crippen LogP contribution in [0.2, 0.25) is 5.02 Å². The van der Waals surface area contributed by atoms with E-state index in [0.717, 1.165) is 0 Å². The second kappa shape index (κ2) is 10.1. The van der Waals surface area contributed by atoms with Gasteiger partial charge in [-0.25, -0.2) is 10.2 Å². The maximum atomic E-state index is 12.8. The number of carbonyl (C=O) groups is 2. The van der Waals surface area contributed by atoms with Gasteiger partial charge in [-0.2, -0.15) is 5.10 Å². The van der Waals surface area contributed by atoms with Gasteiger partial charge in [0.05, 0.1) is 35.0 Å². The number of ether oxygens (including phenoxy) is 2. The van der Waals surface area contributed by atoms with E-state index in [0.29, 0.717) is 44.2 Å². The third-order valence-electron chi connectivity index (χ3n) is 4.95. The van der Waals surface area contributed by atoms with Gasteiger partial charge in [-0.05, 0) is 73.2 Å². The van der Waals surface area contributed by atoms with E-state index in [1.165, 1.54) is 6.21 Å². The van der Waals surface area contributed by atoms with E-state index >= 15 is 0 Å². The Hall–Kier alpha value is -4.23. The monoisotopic (exact) mass is 473 g/mol. The van der Waals surface area contributed by atoms with Crippen molar-refractivity contribution in [2.75, 3.05) is 7.11 Å². The molecule has 4 rings (SSSR count). The van der Waals surface area contributed by atoms with E-state index in [1.54, 1.807) is 79.9 Å². The van der Waals surface area contributed by atoms with Crippen LogP contribution in [-0.4, -0.2) is 30.2 Å². The van der Waals surface area contributed by atoms with Crippen LogP contribution >= 0.6 is 11.6 Å². The molecule has 3 aromatic carbocycles. The van der Waals surface area contributed by atoms with Gasteiger partial charge in [0.25, 0.3) is 5.91 Å². The molecule has 0 aliphatic carbocycles. The van der Waals surface area contributed by atoms with Gasteiger partial charge >= 0.3 is 5.97 Å². The van der Waals surface area contributed by atoms with Gasteiger partial charge in [-0.3, -0.25) is 9.78 Å². The number of fused-ring (bicyclic) bond motifs is 1.